The summed E-state index contributed by atoms with van der Waals surface area (Å²) in [4.78, 5) is 26.6. The van der Waals surface area contributed by atoms with Crippen LogP contribution in [-0.2, 0) is 4.79 Å². The van der Waals surface area contributed by atoms with E-state index in [2.05, 4.69) is 20.3 Å². The van der Waals surface area contributed by atoms with Gasteiger partial charge in [0.15, 0.2) is 5.82 Å². The van der Waals surface area contributed by atoms with Gasteiger partial charge in [0, 0.05) is 44.5 Å². The molecule has 6 heteroatoms. The van der Waals surface area contributed by atoms with Crippen LogP contribution in [0.15, 0.2) is 30.5 Å². The maximum absolute atomic E-state index is 11.4. The third-order valence-electron chi connectivity index (χ3n) is 4.05. The molecule has 0 aromatic carbocycles. The van der Waals surface area contributed by atoms with Crippen LogP contribution in [-0.4, -0.2) is 45.4 Å². The maximum Gasteiger partial charge on any atom is 0.219 e. The lowest BCUT2D eigenvalue weighted by Gasteiger charge is -2.15. The van der Waals surface area contributed by atoms with E-state index in [0.29, 0.717) is 11.7 Å². The van der Waals surface area contributed by atoms with E-state index in [1.807, 2.05) is 36.1 Å². The molecule has 2 aromatic heterocycles. The van der Waals surface area contributed by atoms with Crippen molar-refractivity contribution in [2.45, 2.75) is 20.3 Å². The average Bonchev–Trinajstić information content (AvgIpc) is 3.03. The molecular weight excluding hydrogens is 290 g/mol. The largest absolute Gasteiger partial charge is 0.370 e. The molecular formula is C17H21N5O. The normalized spacial score (nSPS) is 17.3. The molecule has 1 N–H and O–H groups in total. The number of carbonyl (C=O) groups is 1. The predicted octanol–water partition coefficient (Wildman–Crippen LogP) is 2.13. The molecule has 23 heavy (non-hydrogen) atoms. The summed E-state index contributed by atoms with van der Waals surface area (Å²) in [5, 5.41) is 3.38. The zero-order chi connectivity index (χ0) is 16.2. The number of rotatable bonds is 4. The molecule has 1 atom stereocenters. The highest BCUT2D eigenvalue weighted by molar-refractivity contribution is 5.73. The fraction of sp³-hybridized carbons (Fsp3) is 0.412. The summed E-state index contributed by atoms with van der Waals surface area (Å²) < 4.78 is 0. The van der Waals surface area contributed by atoms with Gasteiger partial charge in [-0.05, 0) is 31.4 Å². The van der Waals surface area contributed by atoms with E-state index in [1.165, 1.54) is 0 Å². The number of aromatic nitrogens is 3. The summed E-state index contributed by atoms with van der Waals surface area (Å²) in [7, 11) is 0. The van der Waals surface area contributed by atoms with Crippen LogP contribution >= 0.6 is 0 Å². The minimum atomic E-state index is 0.155. The van der Waals surface area contributed by atoms with Crippen LogP contribution in [0, 0.1) is 12.8 Å². The van der Waals surface area contributed by atoms with Gasteiger partial charge in [-0.25, -0.2) is 9.97 Å². The van der Waals surface area contributed by atoms with Crippen molar-refractivity contribution in [3.05, 3.63) is 36.2 Å². The highest BCUT2D eigenvalue weighted by Gasteiger charge is 2.23. The first-order valence-corrected chi connectivity index (χ1v) is 7.88. The second-order valence-corrected chi connectivity index (χ2v) is 5.93. The molecule has 120 valence electrons. The Bertz CT molecular complexity index is 689. The maximum atomic E-state index is 11.4. The Morgan fingerprint density at radius 3 is 2.96 bits per heavy atom. The lowest BCUT2D eigenvalue weighted by atomic mass is 10.1. The number of hydrogen-bond acceptors (Lipinski definition) is 5. The Kier molecular flexibility index (Phi) is 4.50. The Balaban J connectivity index is 1.67. The van der Waals surface area contributed by atoms with Crippen molar-refractivity contribution in [2.75, 3.05) is 25.0 Å². The molecule has 0 radical (unpaired) electrons. The van der Waals surface area contributed by atoms with Crippen LogP contribution in [0.4, 0.5) is 5.82 Å². The van der Waals surface area contributed by atoms with E-state index in [1.54, 1.807) is 13.1 Å². The van der Waals surface area contributed by atoms with Crippen molar-refractivity contribution in [3.8, 4) is 11.5 Å². The summed E-state index contributed by atoms with van der Waals surface area (Å²) in [5.74, 6) is 2.06. The van der Waals surface area contributed by atoms with Gasteiger partial charge in [0.25, 0.3) is 0 Å². The second kappa shape index (κ2) is 6.73. The number of carbonyl (C=O) groups excluding carboxylic acids is 1. The Morgan fingerprint density at radius 2 is 2.26 bits per heavy atom. The van der Waals surface area contributed by atoms with Crippen LogP contribution in [0.5, 0.6) is 0 Å². The lowest BCUT2D eigenvalue weighted by molar-refractivity contribution is -0.127. The number of amides is 1. The number of anilines is 1. The van der Waals surface area contributed by atoms with Crippen molar-refractivity contribution in [1.29, 1.82) is 0 Å². The predicted molar refractivity (Wildman–Crippen MR) is 88.9 cm³/mol. The minimum Gasteiger partial charge on any atom is -0.370 e. The van der Waals surface area contributed by atoms with Gasteiger partial charge >= 0.3 is 0 Å². The molecule has 1 amide bonds. The molecule has 2 aromatic rings. The SMILES string of the molecule is CC(=O)N1CC[C@@H](CNc2cc(C)nc(-c3ccccn3)n2)C1. The van der Waals surface area contributed by atoms with Gasteiger partial charge in [0.05, 0.1) is 0 Å². The molecule has 1 saturated heterocycles. The monoisotopic (exact) mass is 311 g/mol. The average molecular weight is 311 g/mol. The molecule has 0 aliphatic carbocycles. The molecule has 3 rings (SSSR count). The van der Waals surface area contributed by atoms with Crippen LogP contribution in [0.2, 0.25) is 0 Å². The van der Waals surface area contributed by atoms with Crippen molar-refractivity contribution in [2.24, 2.45) is 5.92 Å². The highest BCUT2D eigenvalue weighted by atomic mass is 16.2. The Hall–Kier alpha value is -2.50. The fourth-order valence-corrected chi connectivity index (χ4v) is 2.80. The van der Waals surface area contributed by atoms with E-state index in [0.717, 1.165) is 43.3 Å². The summed E-state index contributed by atoms with van der Waals surface area (Å²) in [6.07, 6.45) is 2.77. The first kappa shape index (κ1) is 15.4. The van der Waals surface area contributed by atoms with E-state index < -0.39 is 0 Å². The zero-order valence-corrected chi connectivity index (χ0v) is 13.5. The minimum absolute atomic E-state index is 0.155. The van der Waals surface area contributed by atoms with Gasteiger partial charge < -0.3 is 10.2 Å². The van der Waals surface area contributed by atoms with Gasteiger partial charge in [-0.3, -0.25) is 9.78 Å². The van der Waals surface area contributed by atoms with Gasteiger partial charge in [-0.15, -0.1) is 0 Å². The molecule has 1 fully saturated rings. The quantitative estimate of drug-likeness (QED) is 0.936. The van der Waals surface area contributed by atoms with Crippen LogP contribution in [0.25, 0.3) is 11.5 Å². The van der Waals surface area contributed by atoms with Crippen LogP contribution in [0.1, 0.15) is 19.0 Å². The molecule has 0 saturated carbocycles. The molecule has 0 spiro atoms. The van der Waals surface area contributed by atoms with Crippen LogP contribution < -0.4 is 5.32 Å². The van der Waals surface area contributed by atoms with Crippen molar-refractivity contribution < 1.29 is 4.79 Å². The molecule has 3 heterocycles. The van der Waals surface area contributed by atoms with E-state index in [4.69, 9.17) is 0 Å². The number of hydrogen-bond donors (Lipinski definition) is 1. The van der Waals surface area contributed by atoms with Gasteiger partial charge in [-0.2, -0.15) is 0 Å². The standard InChI is InChI=1S/C17H21N5O/c1-12-9-16(19-10-14-6-8-22(11-14)13(2)23)21-17(20-12)15-5-3-4-7-18-15/h3-5,7,9,14H,6,8,10-11H2,1-2H3,(H,19,20,21)/t14-/m0/s1. The third kappa shape index (κ3) is 3.83. The highest BCUT2D eigenvalue weighted by Crippen LogP contribution is 2.19. The van der Waals surface area contributed by atoms with E-state index in [-0.39, 0.29) is 5.91 Å². The van der Waals surface area contributed by atoms with E-state index >= 15 is 0 Å². The summed E-state index contributed by atoms with van der Waals surface area (Å²) in [6.45, 7) is 6.06. The third-order valence-corrected chi connectivity index (χ3v) is 4.05. The summed E-state index contributed by atoms with van der Waals surface area (Å²) >= 11 is 0. The number of aryl methyl sites for hydroxylation is 1. The number of likely N-dealkylation sites (tertiary alicyclic amines) is 1. The van der Waals surface area contributed by atoms with Crippen molar-refractivity contribution in [3.63, 3.8) is 0 Å². The second-order valence-electron chi connectivity index (χ2n) is 5.93. The van der Waals surface area contributed by atoms with Gasteiger partial charge in [-0.1, -0.05) is 6.07 Å². The molecule has 0 bridgehead atoms. The first-order chi connectivity index (χ1) is 11.1. The van der Waals surface area contributed by atoms with Gasteiger partial charge in [0.2, 0.25) is 5.91 Å². The topological polar surface area (TPSA) is 71.0 Å². The Morgan fingerprint density at radius 1 is 1.39 bits per heavy atom. The molecule has 1 aliphatic heterocycles. The van der Waals surface area contributed by atoms with E-state index in [9.17, 15) is 4.79 Å². The number of nitrogens with zero attached hydrogens (tertiary/aromatic N) is 4. The molecule has 0 unspecified atom stereocenters. The zero-order valence-electron chi connectivity index (χ0n) is 13.5. The lowest BCUT2D eigenvalue weighted by Crippen LogP contribution is -2.27. The first-order valence-electron chi connectivity index (χ1n) is 7.88. The Labute approximate surface area is 136 Å². The summed E-state index contributed by atoms with van der Waals surface area (Å²) in [5.41, 5.74) is 1.67. The smallest absolute Gasteiger partial charge is 0.219 e. The number of pyridine rings is 1. The van der Waals surface area contributed by atoms with Gasteiger partial charge in [0.1, 0.15) is 11.5 Å². The molecule has 1 aliphatic rings. The summed E-state index contributed by atoms with van der Waals surface area (Å²) in [6, 6.07) is 7.64. The number of nitrogens with one attached hydrogen (secondary N) is 1. The van der Waals surface area contributed by atoms with Crippen molar-refractivity contribution in [1.82, 2.24) is 19.9 Å². The molecule has 6 nitrogen and oxygen atoms in total. The van der Waals surface area contributed by atoms with Crippen LogP contribution in [0.3, 0.4) is 0 Å². The van der Waals surface area contributed by atoms with Crippen molar-refractivity contribution >= 4 is 11.7 Å². The fourth-order valence-electron chi connectivity index (χ4n) is 2.80.